The number of rotatable bonds is 3. The predicted octanol–water partition coefficient (Wildman–Crippen LogP) is 3.20. The number of nitro benzene ring substituents is 1. The second kappa shape index (κ2) is 4.40. The first-order valence-electron chi connectivity index (χ1n) is 4.82. The summed E-state index contributed by atoms with van der Waals surface area (Å²) in [5, 5.41) is 13.5. The van der Waals surface area contributed by atoms with Gasteiger partial charge in [-0.3, -0.25) is 10.1 Å². The van der Waals surface area contributed by atoms with Gasteiger partial charge in [0.05, 0.1) is 9.93 Å². The maximum Gasteiger partial charge on any atom is 0.269 e. The Hall–Kier alpha value is -1.75. The van der Waals surface area contributed by atoms with Gasteiger partial charge in [0.1, 0.15) is 0 Å². The fraction of sp³-hybridized carbons (Fsp3) is 0.182. The third kappa shape index (κ3) is 2.09. The monoisotopic (exact) mass is 234 g/mol. The van der Waals surface area contributed by atoms with Crippen LogP contribution in [0.4, 0.5) is 5.69 Å². The molecule has 0 aliphatic rings. The molecule has 1 unspecified atom stereocenters. The van der Waals surface area contributed by atoms with Crippen molar-refractivity contribution >= 4 is 17.0 Å². The van der Waals surface area contributed by atoms with Gasteiger partial charge in [0.15, 0.2) is 0 Å². The highest BCUT2D eigenvalue weighted by molar-refractivity contribution is 7.09. The molecule has 0 fully saturated rings. The van der Waals surface area contributed by atoms with E-state index in [1.165, 1.54) is 12.1 Å². The van der Waals surface area contributed by atoms with Gasteiger partial charge in [-0.05, 0) is 5.56 Å². The maximum absolute atomic E-state index is 10.5. The molecule has 0 bridgehead atoms. The zero-order valence-corrected chi connectivity index (χ0v) is 9.48. The van der Waals surface area contributed by atoms with Crippen LogP contribution in [0.15, 0.2) is 35.8 Å². The summed E-state index contributed by atoms with van der Waals surface area (Å²) in [7, 11) is 0. The number of thiazole rings is 1. The van der Waals surface area contributed by atoms with Crippen molar-refractivity contribution in [3.8, 4) is 0 Å². The van der Waals surface area contributed by atoms with Crippen molar-refractivity contribution in [2.45, 2.75) is 12.8 Å². The van der Waals surface area contributed by atoms with Crippen molar-refractivity contribution in [3.63, 3.8) is 0 Å². The van der Waals surface area contributed by atoms with Crippen LogP contribution in [0.1, 0.15) is 23.4 Å². The zero-order valence-electron chi connectivity index (χ0n) is 8.66. The van der Waals surface area contributed by atoms with Crippen LogP contribution in [0.25, 0.3) is 0 Å². The summed E-state index contributed by atoms with van der Waals surface area (Å²) in [5.74, 6) is 0.181. The number of aromatic nitrogens is 1. The van der Waals surface area contributed by atoms with E-state index >= 15 is 0 Å². The number of benzene rings is 1. The molecule has 1 heterocycles. The van der Waals surface area contributed by atoms with Crippen molar-refractivity contribution in [2.24, 2.45) is 0 Å². The van der Waals surface area contributed by atoms with Crippen molar-refractivity contribution in [1.29, 1.82) is 0 Å². The molecule has 2 aromatic rings. The van der Waals surface area contributed by atoms with Gasteiger partial charge in [-0.2, -0.15) is 0 Å². The lowest BCUT2D eigenvalue weighted by Gasteiger charge is -2.07. The highest BCUT2D eigenvalue weighted by atomic mass is 32.1. The molecule has 0 amide bonds. The minimum atomic E-state index is -0.391. The molecule has 0 aliphatic heterocycles. The van der Waals surface area contributed by atoms with Gasteiger partial charge < -0.3 is 0 Å². The highest BCUT2D eigenvalue weighted by Crippen LogP contribution is 2.26. The van der Waals surface area contributed by atoms with E-state index in [1.54, 1.807) is 29.7 Å². The van der Waals surface area contributed by atoms with Crippen LogP contribution in [0.3, 0.4) is 0 Å². The van der Waals surface area contributed by atoms with Gasteiger partial charge in [-0.25, -0.2) is 4.98 Å². The molecule has 0 aliphatic carbocycles. The fourth-order valence-electron chi connectivity index (χ4n) is 1.48. The average molecular weight is 234 g/mol. The second-order valence-electron chi connectivity index (χ2n) is 3.44. The van der Waals surface area contributed by atoms with Gasteiger partial charge in [-0.15, -0.1) is 11.3 Å². The molecule has 1 aromatic carbocycles. The Kier molecular flexibility index (Phi) is 2.96. The first kappa shape index (κ1) is 10.8. The molecule has 0 spiro atoms. The first-order chi connectivity index (χ1) is 7.68. The Morgan fingerprint density at radius 2 is 2.06 bits per heavy atom. The van der Waals surface area contributed by atoms with E-state index in [4.69, 9.17) is 0 Å². The largest absolute Gasteiger partial charge is 0.269 e. The summed E-state index contributed by atoms with van der Waals surface area (Å²) in [6.45, 7) is 2.04. The van der Waals surface area contributed by atoms with Gasteiger partial charge in [0.2, 0.25) is 0 Å². The molecule has 1 atom stereocenters. The van der Waals surface area contributed by atoms with E-state index in [1.807, 2.05) is 12.3 Å². The fourth-order valence-corrected chi connectivity index (χ4v) is 2.20. The van der Waals surface area contributed by atoms with Crippen LogP contribution >= 0.6 is 11.3 Å². The van der Waals surface area contributed by atoms with E-state index in [9.17, 15) is 10.1 Å². The van der Waals surface area contributed by atoms with Crippen LogP contribution in [0.2, 0.25) is 0 Å². The zero-order chi connectivity index (χ0) is 11.5. The van der Waals surface area contributed by atoms with Crippen molar-refractivity contribution < 1.29 is 4.92 Å². The lowest BCUT2D eigenvalue weighted by molar-refractivity contribution is -0.384. The van der Waals surface area contributed by atoms with Crippen LogP contribution in [0.5, 0.6) is 0 Å². The van der Waals surface area contributed by atoms with E-state index in [2.05, 4.69) is 4.98 Å². The lowest BCUT2D eigenvalue weighted by Crippen LogP contribution is -1.95. The van der Waals surface area contributed by atoms with E-state index in [0.717, 1.165) is 10.6 Å². The Bertz CT molecular complexity index is 479. The summed E-state index contributed by atoms with van der Waals surface area (Å²) in [6.07, 6.45) is 1.77. The molecule has 82 valence electrons. The van der Waals surface area contributed by atoms with Crippen molar-refractivity contribution in [3.05, 3.63) is 56.5 Å². The number of nitrogens with zero attached hydrogens (tertiary/aromatic N) is 2. The predicted molar refractivity (Wildman–Crippen MR) is 62.7 cm³/mol. The number of hydrogen-bond donors (Lipinski definition) is 0. The van der Waals surface area contributed by atoms with Crippen molar-refractivity contribution in [2.75, 3.05) is 0 Å². The minimum absolute atomic E-state index is 0.120. The van der Waals surface area contributed by atoms with Crippen LogP contribution < -0.4 is 0 Å². The molecule has 5 heteroatoms. The van der Waals surface area contributed by atoms with Crippen molar-refractivity contribution in [1.82, 2.24) is 4.98 Å². The van der Waals surface area contributed by atoms with Crippen LogP contribution in [-0.4, -0.2) is 9.91 Å². The third-order valence-electron chi connectivity index (χ3n) is 2.43. The van der Waals surface area contributed by atoms with E-state index in [-0.39, 0.29) is 11.6 Å². The van der Waals surface area contributed by atoms with Crippen LogP contribution in [-0.2, 0) is 0 Å². The smallest absolute Gasteiger partial charge is 0.258 e. The molecule has 4 nitrogen and oxygen atoms in total. The molecule has 2 rings (SSSR count). The van der Waals surface area contributed by atoms with E-state index in [0.29, 0.717) is 0 Å². The number of hydrogen-bond acceptors (Lipinski definition) is 4. The van der Waals surface area contributed by atoms with Gasteiger partial charge in [0, 0.05) is 29.6 Å². The molecule has 0 N–H and O–H groups in total. The molecule has 1 aromatic heterocycles. The van der Waals surface area contributed by atoms with Crippen LogP contribution in [0, 0.1) is 10.1 Å². The molecule has 0 saturated heterocycles. The summed E-state index contributed by atoms with van der Waals surface area (Å²) in [4.78, 5) is 14.3. The Morgan fingerprint density at radius 1 is 1.38 bits per heavy atom. The summed E-state index contributed by atoms with van der Waals surface area (Å²) < 4.78 is 0. The number of non-ortho nitro benzene ring substituents is 1. The maximum atomic E-state index is 10.5. The first-order valence-corrected chi connectivity index (χ1v) is 5.70. The summed E-state index contributed by atoms with van der Waals surface area (Å²) in [6, 6.07) is 6.62. The summed E-state index contributed by atoms with van der Waals surface area (Å²) >= 11 is 1.59. The molecule has 0 radical (unpaired) electrons. The van der Waals surface area contributed by atoms with E-state index < -0.39 is 4.92 Å². The lowest BCUT2D eigenvalue weighted by atomic mass is 10.0. The molecule has 0 saturated carbocycles. The number of nitro groups is 1. The molecular formula is C11H10N2O2S. The average Bonchev–Trinajstić information content (AvgIpc) is 2.81. The third-order valence-corrected chi connectivity index (χ3v) is 3.38. The Labute approximate surface area is 96.7 Å². The highest BCUT2D eigenvalue weighted by Gasteiger charge is 2.12. The quantitative estimate of drug-likeness (QED) is 0.605. The van der Waals surface area contributed by atoms with Gasteiger partial charge in [-0.1, -0.05) is 19.1 Å². The minimum Gasteiger partial charge on any atom is -0.258 e. The topological polar surface area (TPSA) is 56.0 Å². The van der Waals surface area contributed by atoms with Gasteiger partial charge in [0.25, 0.3) is 5.69 Å². The normalized spacial score (nSPS) is 12.3. The Balaban J connectivity index is 2.25. The molecule has 16 heavy (non-hydrogen) atoms. The second-order valence-corrected chi connectivity index (χ2v) is 4.37. The SMILES string of the molecule is CC(c1ccc([N+](=O)[O-])cc1)c1nccs1. The standard InChI is InChI=1S/C11H10N2O2S/c1-8(11-12-6-7-16-11)9-2-4-10(5-3-9)13(14)15/h2-8H,1H3. The summed E-state index contributed by atoms with van der Waals surface area (Å²) in [5.41, 5.74) is 1.16. The van der Waals surface area contributed by atoms with Gasteiger partial charge >= 0.3 is 0 Å². The molecular weight excluding hydrogens is 224 g/mol. The Morgan fingerprint density at radius 3 is 2.56 bits per heavy atom.